The van der Waals surface area contributed by atoms with Crippen LogP contribution in [-0.4, -0.2) is 16.9 Å². The first-order valence-electron chi connectivity index (χ1n) is 6.96. The number of hydrazine groups is 1. The maximum atomic E-state index is 12.2. The Morgan fingerprint density at radius 3 is 2.89 bits per heavy atom. The van der Waals surface area contributed by atoms with Crippen molar-refractivity contribution in [1.82, 2.24) is 10.3 Å². The molecule has 1 aromatic heterocycles. The fourth-order valence-electron chi connectivity index (χ4n) is 2.34. The van der Waals surface area contributed by atoms with Gasteiger partial charge in [0.15, 0.2) is 0 Å². The highest BCUT2D eigenvalue weighted by Crippen LogP contribution is 2.34. The van der Waals surface area contributed by atoms with Crippen LogP contribution in [0.25, 0.3) is 0 Å². The number of aryl methyl sites for hydroxylation is 1. The Morgan fingerprint density at radius 2 is 2.26 bits per heavy atom. The van der Waals surface area contributed by atoms with Crippen molar-refractivity contribution in [2.45, 2.75) is 45.6 Å². The Bertz CT molecular complexity index is 439. The molecular formula is C14H22N4O. The van der Waals surface area contributed by atoms with E-state index in [0.29, 0.717) is 23.3 Å². The lowest BCUT2D eigenvalue weighted by Gasteiger charge is -2.08. The maximum absolute atomic E-state index is 12.2. The van der Waals surface area contributed by atoms with Gasteiger partial charge >= 0.3 is 0 Å². The Balaban J connectivity index is 2.02. The lowest BCUT2D eigenvalue weighted by molar-refractivity contribution is 0.0948. The Kier molecular flexibility index (Phi) is 4.37. The molecule has 1 amide bonds. The van der Waals surface area contributed by atoms with Gasteiger partial charge in [-0.3, -0.25) is 4.79 Å². The molecule has 0 radical (unpaired) electrons. The standard InChI is InChI=1S/C14H22N4O/c1-3-5-9-7-12(9)17-14(19)10-6-11(4-2)16-13(8-10)18-15/h6,8-9,12H,3-5,7,15H2,1-2H3,(H,16,18)(H,17,19). The molecule has 5 nitrogen and oxygen atoms in total. The zero-order chi connectivity index (χ0) is 13.8. The van der Waals surface area contributed by atoms with Crippen molar-refractivity contribution in [1.29, 1.82) is 0 Å². The smallest absolute Gasteiger partial charge is 0.251 e. The second-order valence-corrected chi connectivity index (χ2v) is 5.09. The largest absolute Gasteiger partial charge is 0.349 e. The summed E-state index contributed by atoms with van der Waals surface area (Å²) >= 11 is 0. The lowest BCUT2D eigenvalue weighted by Crippen LogP contribution is -2.27. The summed E-state index contributed by atoms with van der Waals surface area (Å²) in [5, 5.41) is 3.07. The zero-order valence-corrected chi connectivity index (χ0v) is 11.6. The number of anilines is 1. The van der Waals surface area contributed by atoms with Gasteiger partial charge in [0.05, 0.1) is 0 Å². The van der Waals surface area contributed by atoms with Crippen LogP contribution in [0.3, 0.4) is 0 Å². The Hall–Kier alpha value is -1.62. The van der Waals surface area contributed by atoms with E-state index >= 15 is 0 Å². The highest BCUT2D eigenvalue weighted by Gasteiger charge is 2.37. The summed E-state index contributed by atoms with van der Waals surface area (Å²) < 4.78 is 0. The van der Waals surface area contributed by atoms with E-state index in [-0.39, 0.29) is 5.91 Å². The summed E-state index contributed by atoms with van der Waals surface area (Å²) in [6.07, 6.45) is 4.25. The van der Waals surface area contributed by atoms with Crippen molar-refractivity contribution < 1.29 is 4.79 Å². The number of carbonyl (C=O) groups is 1. The van der Waals surface area contributed by atoms with Crippen molar-refractivity contribution in [2.75, 3.05) is 5.43 Å². The number of nitrogens with one attached hydrogen (secondary N) is 2. The first-order chi connectivity index (χ1) is 9.17. The molecule has 1 aromatic rings. The number of aromatic nitrogens is 1. The molecule has 5 heteroatoms. The summed E-state index contributed by atoms with van der Waals surface area (Å²) in [5.74, 6) is 6.54. The van der Waals surface area contributed by atoms with Crippen molar-refractivity contribution in [3.63, 3.8) is 0 Å². The summed E-state index contributed by atoms with van der Waals surface area (Å²) in [6, 6.07) is 3.86. The van der Waals surface area contributed by atoms with E-state index in [1.165, 1.54) is 12.8 Å². The molecule has 0 aliphatic heterocycles. The van der Waals surface area contributed by atoms with Crippen LogP contribution in [0, 0.1) is 5.92 Å². The number of carbonyl (C=O) groups excluding carboxylic acids is 1. The number of nitrogens with zero attached hydrogens (tertiary/aromatic N) is 1. The number of hydrogen-bond donors (Lipinski definition) is 3. The van der Waals surface area contributed by atoms with Gasteiger partial charge in [0.2, 0.25) is 0 Å². The molecule has 19 heavy (non-hydrogen) atoms. The minimum Gasteiger partial charge on any atom is -0.349 e. The molecule has 1 saturated carbocycles. The third kappa shape index (κ3) is 3.44. The van der Waals surface area contributed by atoms with Gasteiger partial charge in [-0.05, 0) is 37.3 Å². The van der Waals surface area contributed by atoms with Crippen LogP contribution in [0.4, 0.5) is 5.82 Å². The molecule has 1 aliphatic rings. The second-order valence-electron chi connectivity index (χ2n) is 5.09. The SMILES string of the molecule is CCCC1CC1NC(=O)c1cc(CC)nc(NN)c1. The van der Waals surface area contributed by atoms with Gasteiger partial charge in [0.25, 0.3) is 5.91 Å². The quantitative estimate of drug-likeness (QED) is 0.540. The van der Waals surface area contributed by atoms with Crippen molar-refractivity contribution in [3.05, 3.63) is 23.4 Å². The molecule has 1 fully saturated rings. The number of nitrogens with two attached hydrogens (primary N) is 1. The van der Waals surface area contributed by atoms with Gasteiger partial charge in [0, 0.05) is 17.3 Å². The van der Waals surface area contributed by atoms with E-state index in [2.05, 4.69) is 22.7 Å². The summed E-state index contributed by atoms with van der Waals surface area (Å²) in [6.45, 7) is 4.18. The van der Waals surface area contributed by atoms with Crippen LogP contribution >= 0.6 is 0 Å². The minimum absolute atomic E-state index is 0.0304. The fraction of sp³-hybridized carbons (Fsp3) is 0.571. The normalized spacial score (nSPS) is 21.0. The Morgan fingerprint density at radius 1 is 1.47 bits per heavy atom. The van der Waals surface area contributed by atoms with E-state index in [4.69, 9.17) is 5.84 Å². The van der Waals surface area contributed by atoms with Gasteiger partial charge in [-0.15, -0.1) is 0 Å². The summed E-state index contributed by atoms with van der Waals surface area (Å²) in [4.78, 5) is 16.4. The first-order valence-corrected chi connectivity index (χ1v) is 6.96. The molecule has 0 spiro atoms. The average molecular weight is 262 g/mol. The van der Waals surface area contributed by atoms with Gasteiger partial charge < -0.3 is 10.7 Å². The van der Waals surface area contributed by atoms with Crippen molar-refractivity contribution >= 4 is 11.7 Å². The molecule has 4 N–H and O–H groups in total. The van der Waals surface area contributed by atoms with Gasteiger partial charge in [-0.1, -0.05) is 20.3 Å². The van der Waals surface area contributed by atoms with Crippen LogP contribution in [0.5, 0.6) is 0 Å². The van der Waals surface area contributed by atoms with E-state index in [1.54, 1.807) is 6.07 Å². The Labute approximate surface area is 114 Å². The molecule has 0 aromatic carbocycles. The third-order valence-electron chi connectivity index (χ3n) is 3.55. The van der Waals surface area contributed by atoms with E-state index in [9.17, 15) is 4.79 Å². The number of nitrogen functional groups attached to an aromatic ring is 1. The minimum atomic E-state index is -0.0304. The number of rotatable bonds is 6. The topological polar surface area (TPSA) is 80.0 Å². The van der Waals surface area contributed by atoms with Crippen LogP contribution in [0.1, 0.15) is 49.2 Å². The lowest BCUT2D eigenvalue weighted by atomic mass is 10.1. The second kappa shape index (κ2) is 6.02. The molecular weight excluding hydrogens is 240 g/mol. The third-order valence-corrected chi connectivity index (χ3v) is 3.55. The molecule has 2 atom stereocenters. The molecule has 104 valence electrons. The van der Waals surface area contributed by atoms with Crippen molar-refractivity contribution in [3.8, 4) is 0 Å². The summed E-state index contributed by atoms with van der Waals surface area (Å²) in [5.41, 5.74) is 3.99. The van der Waals surface area contributed by atoms with Crippen LogP contribution in [0.15, 0.2) is 12.1 Å². The molecule has 2 rings (SSSR count). The number of amides is 1. The van der Waals surface area contributed by atoms with Gasteiger partial charge in [-0.25, -0.2) is 10.8 Å². The molecule has 1 heterocycles. The van der Waals surface area contributed by atoms with Crippen LogP contribution in [-0.2, 0) is 6.42 Å². The van der Waals surface area contributed by atoms with Gasteiger partial charge in [0.1, 0.15) is 5.82 Å². The predicted octanol–water partition coefficient (Wildman–Crippen LogP) is 1.85. The van der Waals surface area contributed by atoms with E-state index < -0.39 is 0 Å². The maximum Gasteiger partial charge on any atom is 0.251 e. The molecule has 2 unspecified atom stereocenters. The van der Waals surface area contributed by atoms with Crippen LogP contribution < -0.4 is 16.6 Å². The number of hydrogen-bond acceptors (Lipinski definition) is 4. The molecule has 0 bridgehead atoms. The molecule has 1 aliphatic carbocycles. The fourth-order valence-corrected chi connectivity index (χ4v) is 2.34. The molecule has 0 saturated heterocycles. The van der Waals surface area contributed by atoms with Crippen molar-refractivity contribution in [2.24, 2.45) is 11.8 Å². The van der Waals surface area contributed by atoms with Gasteiger partial charge in [-0.2, -0.15) is 0 Å². The highest BCUT2D eigenvalue weighted by atomic mass is 16.1. The van der Waals surface area contributed by atoms with Crippen LogP contribution in [0.2, 0.25) is 0 Å². The van der Waals surface area contributed by atoms with E-state index in [1.807, 2.05) is 13.0 Å². The monoisotopic (exact) mass is 262 g/mol. The predicted molar refractivity (Wildman–Crippen MR) is 75.7 cm³/mol. The number of pyridine rings is 1. The zero-order valence-electron chi connectivity index (χ0n) is 11.6. The highest BCUT2D eigenvalue weighted by molar-refractivity contribution is 5.95. The van der Waals surface area contributed by atoms with E-state index in [0.717, 1.165) is 18.5 Å². The summed E-state index contributed by atoms with van der Waals surface area (Å²) in [7, 11) is 0. The average Bonchev–Trinajstić information content (AvgIpc) is 3.16. The first kappa shape index (κ1) is 13.8.